The third-order valence-electron chi connectivity index (χ3n) is 13.1. The third-order valence-corrected chi connectivity index (χ3v) is 13.1. The maximum atomic E-state index is 6.42. The van der Waals surface area contributed by atoms with Crippen molar-refractivity contribution in [2.75, 3.05) is 0 Å². The molecule has 2 aromatic heterocycles. The van der Waals surface area contributed by atoms with Gasteiger partial charge in [0.05, 0.1) is 0 Å². The average Bonchev–Trinajstić information content (AvgIpc) is 3.91. The Morgan fingerprint density at radius 2 is 0.786 bits per heavy atom. The average molecular weight is 719 g/mol. The first kappa shape index (κ1) is 31.7. The minimum absolute atomic E-state index is 0.0214. The van der Waals surface area contributed by atoms with E-state index in [4.69, 9.17) is 8.83 Å². The molecule has 0 fully saturated rings. The zero-order valence-electron chi connectivity index (χ0n) is 31.8. The molecule has 56 heavy (non-hydrogen) atoms. The molecule has 0 N–H and O–H groups in total. The number of benzene rings is 8. The Balaban J connectivity index is 0.948. The maximum absolute atomic E-state index is 6.42. The second-order valence-electron chi connectivity index (χ2n) is 16.9. The fourth-order valence-electron chi connectivity index (χ4n) is 10.1. The topological polar surface area (TPSA) is 26.3 Å². The zero-order valence-corrected chi connectivity index (χ0v) is 31.8. The highest BCUT2D eigenvalue weighted by molar-refractivity contribution is 6.16. The van der Waals surface area contributed by atoms with Crippen LogP contribution in [0.2, 0.25) is 0 Å². The van der Waals surface area contributed by atoms with Gasteiger partial charge in [-0.2, -0.15) is 0 Å². The van der Waals surface area contributed by atoms with Gasteiger partial charge in [0.1, 0.15) is 22.3 Å². The first-order valence-electron chi connectivity index (χ1n) is 19.7. The van der Waals surface area contributed by atoms with Crippen molar-refractivity contribution in [3.8, 4) is 55.6 Å². The van der Waals surface area contributed by atoms with Crippen LogP contribution in [-0.4, -0.2) is 0 Å². The molecule has 10 aromatic rings. The van der Waals surface area contributed by atoms with Gasteiger partial charge in [0.15, 0.2) is 0 Å². The maximum Gasteiger partial charge on any atom is 0.139 e. The van der Waals surface area contributed by atoms with Crippen LogP contribution in [0, 0.1) is 0 Å². The summed E-state index contributed by atoms with van der Waals surface area (Å²) in [6.45, 7) is 9.52. The van der Waals surface area contributed by atoms with Crippen LogP contribution in [0.1, 0.15) is 49.9 Å². The quantitative estimate of drug-likeness (QED) is 0.182. The van der Waals surface area contributed by atoms with Gasteiger partial charge < -0.3 is 8.83 Å². The molecule has 0 radical (unpaired) electrons. The van der Waals surface area contributed by atoms with Crippen molar-refractivity contribution in [2.24, 2.45) is 0 Å². The molecule has 0 aliphatic heterocycles. The smallest absolute Gasteiger partial charge is 0.139 e. The summed E-state index contributed by atoms with van der Waals surface area (Å²) in [6.07, 6.45) is 0. The van der Waals surface area contributed by atoms with Crippen LogP contribution in [-0.2, 0) is 10.8 Å². The molecule has 0 saturated heterocycles. The van der Waals surface area contributed by atoms with Gasteiger partial charge in [-0.05, 0) is 120 Å². The van der Waals surface area contributed by atoms with Crippen molar-refractivity contribution in [1.82, 2.24) is 0 Å². The summed E-state index contributed by atoms with van der Waals surface area (Å²) < 4.78 is 12.8. The lowest BCUT2D eigenvalue weighted by molar-refractivity contribution is 0.651. The van der Waals surface area contributed by atoms with Crippen molar-refractivity contribution in [3.63, 3.8) is 0 Å². The van der Waals surface area contributed by atoms with E-state index in [0.29, 0.717) is 0 Å². The van der Waals surface area contributed by atoms with Crippen molar-refractivity contribution >= 4 is 43.9 Å². The highest BCUT2D eigenvalue weighted by Crippen LogP contribution is 2.59. The summed E-state index contributed by atoms with van der Waals surface area (Å²) >= 11 is 0. The van der Waals surface area contributed by atoms with E-state index < -0.39 is 0 Å². The molecular formula is C54H38O2. The lowest BCUT2D eigenvalue weighted by atomic mass is 9.79. The third kappa shape index (κ3) is 4.27. The Morgan fingerprint density at radius 3 is 1.45 bits per heavy atom. The van der Waals surface area contributed by atoms with E-state index in [-0.39, 0.29) is 10.8 Å². The number of hydrogen-bond donors (Lipinski definition) is 0. The molecule has 2 aliphatic carbocycles. The van der Waals surface area contributed by atoms with Gasteiger partial charge in [0, 0.05) is 38.4 Å². The van der Waals surface area contributed by atoms with Crippen molar-refractivity contribution in [2.45, 2.75) is 38.5 Å². The van der Waals surface area contributed by atoms with E-state index in [1.54, 1.807) is 0 Å². The highest BCUT2D eigenvalue weighted by atomic mass is 16.3. The van der Waals surface area contributed by atoms with Gasteiger partial charge in [-0.25, -0.2) is 0 Å². The summed E-state index contributed by atoms with van der Waals surface area (Å²) in [4.78, 5) is 0. The van der Waals surface area contributed by atoms with Crippen molar-refractivity contribution in [3.05, 3.63) is 180 Å². The number of furan rings is 2. The molecule has 0 spiro atoms. The van der Waals surface area contributed by atoms with Gasteiger partial charge in [0.2, 0.25) is 0 Å². The van der Waals surface area contributed by atoms with Gasteiger partial charge in [-0.15, -0.1) is 0 Å². The van der Waals surface area contributed by atoms with E-state index in [2.05, 4.69) is 185 Å². The zero-order chi connectivity index (χ0) is 37.5. The lowest BCUT2D eigenvalue weighted by Crippen LogP contribution is -2.17. The Morgan fingerprint density at radius 1 is 0.304 bits per heavy atom. The first-order chi connectivity index (χ1) is 27.2. The highest BCUT2D eigenvalue weighted by Gasteiger charge is 2.43. The molecule has 2 aliphatic rings. The summed E-state index contributed by atoms with van der Waals surface area (Å²) in [5.74, 6) is 0. The van der Waals surface area contributed by atoms with E-state index >= 15 is 0 Å². The molecule has 2 heteroatoms. The fraction of sp³-hybridized carbons (Fsp3) is 0.111. The van der Waals surface area contributed by atoms with E-state index in [0.717, 1.165) is 49.4 Å². The Hall–Kier alpha value is -6.64. The normalized spacial score (nSPS) is 14.7. The molecule has 0 bridgehead atoms. The van der Waals surface area contributed by atoms with Crippen LogP contribution >= 0.6 is 0 Å². The molecule has 0 amide bonds. The predicted molar refractivity (Wildman–Crippen MR) is 232 cm³/mol. The Bertz CT molecular complexity index is 3300. The second-order valence-corrected chi connectivity index (χ2v) is 16.9. The van der Waals surface area contributed by atoms with Crippen molar-refractivity contribution in [1.29, 1.82) is 0 Å². The van der Waals surface area contributed by atoms with Gasteiger partial charge in [-0.1, -0.05) is 137 Å². The van der Waals surface area contributed by atoms with Gasteiger partial charge in [0.25, 0.3) is 0 Å². The molecular weight excluding hydrogens is 681 g/mol. The molecule has 0 atom stereocenters. The molecule has 12 rings (SSSR count). The minimum atomic E-state index is -0.114. The molecule has 8 aromatic carbocycles. The van der Waals surface area contributed by atoms with Crippen LogP contribution in [0.4, 0.5) is 0 Å². The number of rotatable bonds is 3. The predicted octanol–water partition coefficient (Wildman–Crippen LogP) is 15.1. The van der Waals surface area contributed by atoms with Crippen LogP contribution in [0.3, 0.4) is 0 Å². The standard InChI is InChI=1S/C54H38O2/c1-53(2)43-16-9-8-15-37(43)51-44(53)21-22-45-52(51)38-20-17-36(28-46(38)54(45,3)4)33-14-10-13-32(25-33)35-19-24-48-40(27-35)42-29-41-39-26-34(31-11-6-5-7-12-31)18-23-47(39)55-49(41)30-50(42)56-48/h5-30H,1-4H3. The van der Waals surface area contributed by atoms with Crippen LogP contribution < -0.4 is 0 Å². The summed E-state index contributed by atoms with van der Waals surface area (Å²) in [5, 5.41) is 4.41. The molecule has 2 heterocycles. The van der Waals surface area contributed by atoms with E-state index in [1.807, 2.05) is 0 Å². The first-order valence-corrected chi connectivity index (χ1v) is 19.7. The van der Waals surface area contributed by atoms with Crippen LogP contribution in [0.15, 0.2) is 167 Å². The molecule has 266 valence electrons. The second kappa shape index (κ2) is 11.0. The molecule has 0 saturated carbocycles. The monoisotopic (exact) mass is 718 g/mol. The van der Waals surface area contributed by atoms with E-state index in [9.17, 15) is 0 Å². The fourth-order valence-corrected chi connectivity index (χ4v) is 10.1. The minimum Gasteiger partial charge on any atom is -0.456 e. The van der Waals surface area contributed by atoms with Gasteiger partial charge in [-0.3, -0.25) is 0 Å². The number of fused-ring (bicyclic) bond motifs is 13. The summed E-state index contributed by atoms with van der Waals surface area (Å²) in [5.41, 5.74) is 21.7. The van der Waals surface area contributed by atoms with E-state index in [1.165, 1.54) is 72.3 Å². The Labute approximate surface area is 325 Å². The molecule has 0 unspecified atom stereocenters. The SMILES string of the molecule is CC1(C)c2ccccc2-c2c1ccc1c2-c2ccc(-c3cccc(-c4ccc5oc6cc7oc8ccc(-c9ccccc9)cc8c7cc6c5c4)c3)cc2C1(C)C. The van der Waals surface area contributed by atoms with Crippen molar-refractivity contribution < 1.29 is 8.83 Å². The number of hydrogen-bond acceptors (Lipinski definition) is 2. The van der Waals surface area contributed by atoms with Crippen LogP contribution in [0.25, 0.3) is 99.5 Å². The summed E-state index contributed by atoms with van der Waals surface area (Å²) in [7, 11) is 0. The van der Waals surface area contributed by atoms with Gasteiger partial charge >= 0.3 is 0 Å². The Kier molecular flexibility index (Phi) is 6.22. The largest absolute Gasteiger partial charge is 0.456 e. The molecule has 2 nitrogen and oxygen atoms in total. The van der Waals surface area contributed by atoms with Crippen LogP contribution in [0.5, 0.6) is 0 Å². The summed E-state index contributed by atoms with van der Waals surface area (Å²) in [6, 6.07) is 57.8. The lowest BCUT2D eigenvalue weighted by Gasteiger charge is -2.24.